The van der Waals surface area contributed by atoms with Gasteiger partial charge in [-0.05, 0) is 42.5 Å². The molecule has 0 radical (unpaired) electrons. The van der Waals surface area contributed by atoms with Gasteiger partial charge in [-0.15, -0.1) is 0 Å². The first kappa shape index (κ1) is 22.0. The van der Waals surface area contributed by atoms with Gasteiger partial charge in [0.25, 0.3) is 0 Å². The molecule has 2 amide bonds. The highest BCUT2D eigenvalue weighted by Crippen LogP contribution is 2.14. The minimum atomic E-state index is -0.0135. The van der Waals surface area contributed by atoms with Crippen molar-refractivity contribution >= 4 is 11.8 Å². The van der Waals surface area contributed by atoms with Crippen LogP contribution in [-0.4, -0.2) is 54.3 Å². The van der Waals surface area contributed by atoms with Gasteiger partial charge in [-0.2, -0.15) is 0 Å². The highest BCUT2D eigenvalue weighted by Gasteiger charge is 2.23. The molecule has 1 saturated heterocycles. The van der Waals surface area contributed by atoms with Gasteiger partial charge in [0.1, 0.15) is 0 Å². The molecule has 1 aliphatic heterocycles. The highest BCUT2D eigenvalue weighted by molar-refractivity contribution is 5.80. The number of carbonyl (C=O) groups is 2. The highest BCUT2D eigenvalue weighted by atomic mass is 16.2. The molecule has 2 aromatic carbocycles. The molecule has 0 aromatic heterocycles. The van der Waals surface area contributed by atoms with Crippen molar-refractivity contribution in [2.45, 2.75) is 39.7 Å². The molecule has 1 aliphatic rings. The van der Waals surface area contributed by atoms with Crippen molar-refractivity contribution in [3.05, 3.63) is 70.8 Å². The van der Waals surface area contributed by atoms with Crippen LogP contribution in [0.4, 0.5) is 0 Å². The third-order valence-corrected chi connectivity index (χ3v) is 5.96. The lowest BCUT2D eigenvalue weighted by Crippen LogP contribution is -2.51. The summed E-state index contributed by atoms with van der Waals surface area (Å²) in [4.78, 5) is 29.1. The van der Waals surface area contributed by atoms with E-state index in [4.69, 9.17) is 0 Å². The number of amides is 2. The summed E-state index contributed by atoms with van der Waals surface area (Å²) in [5, 5.41) is 3.09. The number of piperazine rings is 1. The van der Waals surface area contributed by atoms with Crippen LogP contribution in [0.2, 0.25) is 0 Å². The lowest BCUT2D eigenvalue weighted by atomic mass is 10.0. The van der Waals surface area contributed by atoms with E-state index in [2.05, 4.69) is 41.4 Å². The first-order valence-electron chi connectivity index (χ1n) is 10.9. The van der Waals surface area contributed by atoms with Gasteiger partial charge in [0.05, 0.1) is 19.0 Å². The number of nitrogens with one attached hydrogen (secondary N) is 1. The van der Waals surface area contributed by atoms with Crippen molar-refractivity contribution in [3.8, 4) is 0 Å². The molecule has 160 valence electrons. The predicted molar refractivity (Wildman–Crippen MR) is 120 cm³/mol. The van der Waals surface area contributed by atoms with E-state index in [0.717, 1.165) is 36.2 Å². The quantitative estimate of drug-likeness (QED) is 0.767. The number of aryl methyl sites for hydroxylation is 2. The maximum Gasteiger partial charge on any atom is 0.234 e. The molecule has 0 aliphatic carbocycles. The summed E-state index contributed by atoms with van der Waals surface area (Å²) < 4.78 is 0. The summed E-state index contributed by atoms with van der Waals surface area (Å²) in [6.07, 6.45) is 1.46. The predicted octanol–water partition coefficient (Wildman–Crippen LogP) is 3.12. The van der Waals surface area contributed by atoms with Crippen LogP contribution in [0.3, 0.4) is 0 Å². The number of hydrogen-bond donors (Lipinski definition) is 1. The van der Waals surface area contributed by atoms with Crippen molar-refractivity contribution in [1.29, 1.82) is 0 Å². The average molecular weight is 408 g/mol. The average Bonchev–Trinajstić information content (AvgIpc) is 2.75. The molecule has 1 fully saturated rings. The minimum absolute atomic E-state index is 0.0135. The minimum Gasteiger partial charge on any atom is -0.348 e. The van der Waals surface area contributed by atoms with Crippen molar-refractivity contribution in [1.82, 2.24) is 15.1 Å². The van der Waals surface area contributed by atoms with Crippen molar-refractivity contribution < 1.29 is 9.59 Å². The van der Waals surface area contributed by atoms with E-state index in [1.54, 1.807) is 0 Å². The summed E-state index contributed by atoms with van der Waals surface area (Å²) >= 11 is 0. The first-order chi connectivity index (χ1) is 14.5. The third-order valence-electron chi connectivity index (χ3n) is 5.96. The Morgan fingerprint density at radius 3 is 2.30 bits per heavy atom. The maximum atomic E-state index is 12.6. The Balaban J connectivity index is 1.43. The van der Waals surface area contributed by atoms with Crippen molar-refractivity contribution in [3.63, 3.8) is 0 Å². The Kier molecular flexibility index (Phi) is 7.63. The van der Waals surface area contributed by atoms with Gasteiger partial charge in [0, 0.05) is 26.2 Å². The molecule has 0 saturated carbocycles. The summed E-state index contributed by atoms with van der Waals surface area (Å²) in [7, 11) is 0. The molecule has 0 spiro atoms. The monoisotopic (exact) mass is 407 g/mol. The Bertz CT molecular complexity index is 855. The number of benzene rings is 2. The summed E-state index contributed by atoms with van der Waals surface area (Å²) in [5.74, 6) is 0.194. The third kappa shape index (κ3) is 5.92. The van der Waals surface area contributed by atoms with Crippen molar-refractivity contribution in [2.24, 2.45) is 0 Å². The molecule has 1 unspecified atom stereocenters. The number of rotatable bonds is 7. The molecule has 1 atom stereocenters. The van der Waals surface area contributed by atoms with Crippen LogP contribution >= 0.6 is 0 Å². The van der Waals surface area contributed by atoms with Gasteiger partial charge in [0.2, 0.25) is 11.8 Å². The van der Waals surface area contributed by atoms with Gasteiger partial charge >= 0.3 is 0 Å². The molecule has 1 heterocycles. The van der Waals surface area contributed by atoms with Crippen LogP contribution in [0.1, 0.15) is 42.1 Å². The van der Waals surface area contributed by atoms with Gasteiger partial charge < -0.3 is 10.2 Å². The van der Waals surface area contributed by atoms with E-state index in [9.17, 15) is 9.59 Å². The van der Waals surface area contributed by atoms with E-state index in [0.29, 0.717) is 26.1 Å². The summed E-state index contributed by atoms with van der Waals surface area (Å²) in [6.45, 7) is 9.36. The zero-order valence-corrected chi connectivity index (χ0v) is 18.4. The second-order valence-electron chi connectivity index (χ2n) is 8.14. The maximum absolute atomic E-state index is 12.6. The first-order valence-corrected chi connectivity index (χ1v) is 10.9. The topological polar surface area (TPSA) is 52.7 Å². The molecular formula is C25H33N3O2. The zero-order valence-electron chi connectivity index (χ0n) is 18.4. The number of carbonyl (C=O) groups excluding carboxylic acids is 2. The van der Waals surface area contributed by atoms with E-state index < -0.39 is 0 Å². The van der Waals surface area contributed by atoms with Gasteiger partial charge in [-0.1, -0.05) is 55.5 Å². The van der Waals surface area contributed by atoms with E-state index in [-0.39, 0.29) is 17.9 Å². The second-order valence-corrected chi connectivity index (χ2v) is 8.14. The van der Waals surface area contributed by atoms with Crippen LogP contribution in [0.5, 0.6) is 0 Å². The Hall–Kier alpha value is -2.66. The van der Waals surface area contributed by atoms with E-state index >= 15 is 0 Å². The standard InChI is InChI=1S/C25H33N3O2/c1-4-21-9-11-22(12-10-21)20(3)26-24(29)18-27-13-15-28(16-14-27)25(30)17-23-8-6-5-7-19(23)2/h5-12,20H,4,13-18H2,1-3H3,(H,26,29). The van der Waals surface area contributed by atoms with E-state index in [1.807, 2.05) is 43.0 Å². The fourth-order valence-electron chi connectivity index (χ4n) is 3.85. The molecule has 2 aromatic rings. The zero-order chi connectivity index (χ0) is 21.5. The molecular weight excluding hydrogens is 374 g/mol. The van der Waals surface area contributed by atoms with Gasteiger partial charge in [0.15, 0.2) is 0 Å². The molecule has 3 rings (SSSR count). The summed E-state index contributed by atoms with van der Waals surface area (Å²) in [5.41, 5.74) is 4.66. The van der Waals surface area contributed by atoms with Gasteiger partial charge in [-0.3, -0.25) is 14.5 Å². The Labute approximate surface area is 180 Å². The molecule has 5 nitrogen and oxygen atoms in total. The fraction of sp³-hybridized carbons (Fsp3) is 0.440. The van der Waals surface area contributed by atoms with Crippen LogP contribution in [0.15, 0.2) is 48.5 Å². The molecule has 0 bridgehead atoms. The normalized spacial score (nSPS) is 15.6. The second kappa shape index (κ2) is 10.4. The Morgan fingerprint density at radius 1 is 1.00 bits per heavy atom. The van der Waals surface area contributed by atoms with Crippen molar-refractivity contribution in [2.75, 3.05) is 32.7 Å². The van der Waals surface area contributed by atoms with E-state index in [1.165, 1.54) is 5.56 Å². The van der Waals surface area contributed by atoms with Crippen LogP contribution in [-0.2, 0) is 22.4 Å². The molecule has 30 heavy (non-hydrogen) atoms. The smallest absolute Gasteiger partial charge is 0.234 e. The lowest BCUT2D eigenvalue weighted by molar-refractivity contribution is -0.132. The number of hydrogen-bond acceptors (Lipinski definition) is 3. The largest absolute Gasteiger partial charge is 0.348 e. The Morgan fingerprint density at radius 2 is 1.67 bits per heavy atom. The van der Waals surface area contributed by atoms with Gasteiger partial charge in [-0.25, -0.2) is 0 Å². The lowest BCUT2D eigenvalue weighted by Gasteiger charge is -2.34. The van der Waals surface area contributed by atoms with Crippen LogP contribution < -0.4 is 5.32 Å². The molecule has 1 N–H and O–H groups in total. The summed E-state index contributed by atoms with van der Waals surface area (Å²) in [6, 6.07) is 16.4. The van der Waals surface area contributed by atoms with Crippen LogP contribution in [0, 0.1) is 6.92 Å². The number of nitrogens with zero attached hydrogens (tertiary/aromatic N) is 2. The molecule has 5 heteroatoms. The SMILES string of the molecule is CCc1ccc(C(C)NC(=O)CN2CCN(C(=O)Cc3ccccc3C)CC2)cc1. The van der Waals surface area contributed by atoms with Crippen LogP contribution in [0.25, 0.3) is 0 Å². The fourth-order valence-corrected chi connectivity index (χ4v) is 3.85.